The van der Waals surface area contributed by atoms with Crippen molar-refractivity contribution >= 4 is 0 Å². The van der Waals surface area contributed by atoms with Crippen LogP contribution in [0.5, 0.6) is 0 Å². The molecule has 1 rings (SSSR count). The molecule has 0 bridgehead atoms. The van der Waals surface area contributed by atoms with Gasteiger partial charge >= 0.3 is 0 Å². The highest BCUT2D eigenvalue weighted by molar-refractivity contribution is 4.82. The smallest absolute Gasteiger partial charge is 0.0624 e. The van der Waals surface area contributed by atoms with Crippen molar-refractivity contribution in [2.45, 2.75) is 33.6 Å². The van der Waals surface area contributed by atoms with E-state index < -0.39 is 0 Å². The molecule has 1 aliphatic rings. The Kier molecular flexibility index (Phi) is 6.79. The minimum absolute atomic E-state index is 0.583. The number of rotatable bonds is 2. The maximum atomic E-state index is 8.43. The van der Waals surface area contributed by atoms with Gasteiger partial charge in [0, 0.05) is 6.42 Å². The third-order valence-electron chi connectivity index (χ3n) is 2.32. The summed E-state index contributed by atoms with van der Waals surface area (Å²) in [5, 5.41) is 11.7. The van der Waals surface area contributed by atoms with Crippen molar-refractivity contribution in [3.05, 3.63) is 0 Å². The van der Waals surface area contributed by atoms with Crippen molar-refractivity contribution < 1.29 is 0 Å². The average Bonchev–Trinajstić information content (AvgIpc) is 2.60. The fraction of sp³-hybridized carbons (Fsp3) is 0.900. The summed E-state index contributed by atoms with van der Waals surface area (Å²) in [6.07, 6.45) is 1.97. The topological polar surface area (TPSA) is 35.8 Å². The summed E-state index contributed by atoms with van der Waals surface area (Å²) in [7, 11) is 0. The molecular weight excluding hydrogens is 148 g/mol. The van der Waals surface area contributed by atoms with Gasteiger partial charge in [0.25, 0.3) is 0 Å². The molecule has 0 amide bonds. The Morgan fingerprint density at radius 3 is 2.67 bits per heavy atom. The van der Waals surface area contributed by atoms with E-state index in [1.807, 2.05) is 13.8 Å². The lowest BCUT2D eigenvalue weighted by atomic mass is 9.91. The van der Waals surface area contributed by atoms with Crippen LogP contribution in [0.2, 0.25) is 0 Å². The van der Waals surface area contributed by atoms with E-state index in [0.717, 1.165) is 19.0 Å². The van der Waals surface area contributed by atoms with Crippen molar-refractivity contribution in [1.29, 1.82) is 5.26 Å². The molecule has 2 atom stereocenters. The SMILES string of the molecule is CC.CC(CC#N)C1CCNC1. The largest absolute Gasteiger partial charge is 0.316 e. The first-order valence-corrected chi connectivity index (χ1v) is 4.92. The van der Waals surface area contributed by atoms with Crippen molar-refractivity contribution in [2.24, 2.45) is 11.8 Å². The molecule has 12 heavy (non-hydrogen) atoms. The maximum absolute atomic E-state index is 8.43. The average molecular weight is 168 g/mol. The zero-order valence-corrected chi connectivity index (χ0v) is 8.43. The second kappa shape index (κ2) is 7.12. The van der Waals surface area contributed by atoms with Gasteiger partial charge in [-0.2, -0.15) is 5.26 Å². The summed E-state index contributed by atoms with van der Waals surface area (Å²) in [5.74, 6) is 1.33. The number of hydrogen-bond donors (Lipinski definition) is 1. The van der Waals surface area contributed by atoms with Gasteiger partial charge in [-0.15, -0.1) is 0 Å². The normalized spacial score (nSPS) is 23.7. The summed E-state index contributed by atoms with van der Waals surface area (Å²) in [6, 6.07) is 2.22. The molecular formula is C10H20N2. The van der Waals surface area contributed by atoms with E-state index in [2.05, 4.69) is 18.3 Å². The van der Waals surface area contributed by atoms with Crippen molar-refractivity contribution in [3.63, 3.8) is 0 Å². The van der Waals surface area contributed by atoms with Crippen molar-refractivity contribution in [3.8, 4) is 6.07 Å². The van der Waals surface area contributed by atoms with E-state index in [4.69, 9.17) is 5.26 Å². The molecule has 2 unspecified atom stereocenters. The van der Waals surface area contributed by atoms with Gasteiger partial charge in [-0.25, -0.2) is 0 Å². The van der Waals surface area contributed by atoms with Crippen LogP contribution in [0.25, 0.3) is 0 Å². The van der Waals surface area contributed by atoms with E-state index in [1.54, 1.807) is 0 Å². The summed E-state index contributed by atoms with van der Waals surface area (Å²) in [5.41, 5.74) is 0. The van der Waals surface area contributed by atoms with E-state index in [1.165, 1.54) is 6.42 Å². The Hall–Kier alpha value is -0.550. The number of nitrogens with one attached hydrogen (secondary N) is 1. The Labute approximate surface area is 76.0 Å². The molecule has 0 saturated carbocycles. The number of nitriles is 1. The highest BCUT2D eigenvalue weighted by Gasteiger charge is 2.20. The third-order valence-corrected chi connectivity index (χ3v) is 2.32. The predicted molar refractivity (Wildman–Crippen MR) is 51.7 cm³/mol. The molecule has 1 N–H and O–H groups in total. The zero-order valence-electron chi connectivity index (χ0n) is 8.43. The van der Waals surface area contributed by atoms with Gasteiger partial charge in [0.05, 0.1) is 6.07 Å². The van der Waals surface area contributed by atoms with Gasteiger partial charge in [-0.1, -0.05) is 20.8 Å². The molecule has 1 saturated heterocycles. The second-order valence-corrected chi connectivity index (χ2v) is 3.09. The van der Waals surface area contributed by atoms with Gasteiger partial charge in [0.1, 0.15) is 0 Å². The van der Waals surface area contributed by atoms with Gasteiger partial charge in [0.2, 0.25) is 0 Å². The first-order valence-electron chi connectivity index (χ1n) is 4.92. The molecule has 1 heterocycles. The molecule has 0 spiro atoms. The molecule has 70 valence electrons. The molecule has 0 aromatic carbocycles. The molecule has 2 nitrogen and oxygen atoms in total. The van der Waals surface area contributed by atoms with E-state index >= 15 is 0 Å². The van der Waals surface area contributed by atoms with Gasteiger partial charge < -0.3 is 5.32 Å². The van der Waals surface area contributed by atoms with Gasteiger partial charge in [-0.05, 0) is 31.3 Å². The van der Waals surface area contributed by atoms with E-state index in [-0.39, 0.29) is 0 Å². The molecule has 2 heteroatoms. The quantitative estimate of drug-likeness (QED) is 0.686. The van der Waals surface area contributed by atoms with Crippen LogP contribution in [0.4, 0.5) is 0 Å². The van der Waals surface area contributed by atoms with E-state index in [0.29, 0.717) is 12.3 Å². The third kappa shape index (κ3) is 3.73. The monoisotopic (exact) mass is 168 g/mol. The first-order chi connectivity index (χ1) is 5.84. The zero-order chi connectivity index (χ0) is 9.40. The van der Waals surface area contributed by atoms with Gasteiger partial charge in [0.15, 0.2) is 0 Å². The lowest BCUT2D eigenvalue weighted by Gasteiger charge is -2.13. The highest BCUT2D eigenvalue weighted by Crippen LogP contribution is 2.20. The predicted octanol–water partition coefficient (Wildman–Crippen LogP) is 2.17. The van der Waals surface area contributed by atoms with Crippen LogP contribution in [-0.2, 0) is 0 Å². The Morgan fingerprint density at radius 2 is 2.25 bits per heavy atom. The molecule has 0 aromatic heterocycles. The lowest BCUT2D eigenvalue weighted by Crippen LogP contribution is -2.14. The fourth-order valence-corrected chi connectivity index (χ4v) is 1.47. The molecule has 0 aliphatic carbocycles. The summed E-state index contributed by atoms with van der Waals surface area (Å²) < 4.78 is 0. The first kappa shape index (κ1) is 11.4. The van der Waals surface area contributed by atoms with Crippen LogP contribution in [0.15, 0.2) is 0 Å². The van der Waals surface area contributed by atoms with Crippen LogP contribution >= 0.6 is 0 Å². The fourth-order valence-electron chi connectivity index (χ4n) is 1.47. The summed E-state index contributed by atoms with van der Waals surface area (Å²) in [4.78, 5) is 0. The summed E-state index contributed by atoms with van der Waals surface area (Å²) in [6.45, 7) is 8.42. The Balaban J connectivity index is 0.000000561. The van der Waals surface area contributed by atoms with E-state index in [9.17, 15) is 0 Å². The standard InChI is InChI=1S/C8H14N2.C2H6/c1-7(2-4-9)8-3-5-10-6-8;1-2/h7-8,10H,2-3,5-6H2,1H3;1-2H3. The molecule has 1 aliphatic heterocycles. The summed E-state index contributed by atoms with van der Waals surface area (Å²) >= 11 is 0. The van der Waals surface area contributed by atoms with Crippen LogP contribution in [0.1, 0.15) is 33.6 Å². The minimum atomic E-state index is 0.583. The van der Waals surface area contributed by atoms with Crippen molar-refractivity contribution in [1.82, 2.24) is 5.32 Å². The van der Waals surface area contributed by atoms with Crippen LogP contribution in [0.3, 0.4) is 0 Å². The van der Waals surface area contributed by atoms with Crippen LogP contribution in [0, 0.1) is 23.2 Å². The highest BCUT2D eigenvalue weighted by atomic mass is 14.9. The number of nitrogens with zero attached hydrogens (tertiary/aromatic N) is 1. The lowest BCUT2D eigenvalue weighted by molar-refractivity contribution is 0.394. The number of hydrogen-bond acceptors (Lipinski definition) is 2. The molecule has 1 fully saturated rings. The minimum Gasteiger partial charge on any atom is -0.316 e. The van der Waals surface area contributed by atoms with Crippen LogP contribution in [-0.4, -0.2) is 13.1 Å². The molecule has 0 radical (unpaired) electrons. The Bertz CT molecular complexity index is 131. The second-order valence-electron chi connectivity index (χ2n) is 3.09. The van der Waals surface area contributed by atoms with Crippen LogP contribution < -0.4 is 5.32 Å². The van der Waals surface area contributed by atoms with Gasteiger partial charge in [-0.3, -0.25) is 0 Å². The molecule has 0 aromatic rings. The van der Waals surface area contributed by atoms with Crippen molar-refractivity contribution in [2.75, 3.05) is 13.1 Å². The maximum Gasteiger partial charge on any atom is 0.0624 e. The Morgan fingerprint density at radius 1 is 1.58 bits per heavy atom.